The molecule has 2 atom stereocenters. The zero-order chi connectivity index (χ0) is 21.6. The molecule has 4 aromatic rings. The third-order valence-electron chi connectivity index (χ3n) is 6.08. The maximum atomic E-state index is 13.2. The Morgan fingerprint density at radius 1 is 1.13 bits per heavy atom. The summed E-state index contributed by atoms with van der Waals surface area (Å²) in [6, 6.07) is 13.3. The Labute approximate surface area is 180 Å². The zero-order valence-corrected chi connectivity index (χ0v) is 17.9. The van der Waals surface area contributed by atoms with Crippen molar-refractivity contribution in [2.24, 2.45) is 5.92 Å². The number of nitrogens with one attached hydrogen (secondary N) is 1. The van der Waals surface area contributed by atoms with Gasteiger partial charge in [0.2, 0.25) is 10.0 Å². The first kappa shape index (κ1) is 20.0. The van der Waals surface area contributed by atoms with Crippen LogP contribution in [0.25, 0.3) is 22.0 Å². The molecular formula is C23H23FN4O2S. The summed E-state index contributed by atoms with van der Waals surface area (Å²) in [4.78, 5) is 0.139. The highest BCUT2D eigenvalue weighted by Gasteiger charge is 2.38. The maximum Gasteiger partial charge on any atom is 0.243 e. The van der Waals surface area contributed by atoms with E-state index in [2.05, 4.69) is 45.2 Å². The maximum absolute atomic E-state index is 13.2. The van der Waals surface area contributed by atoms with Crippen LogP contribution in [0.5, 0.6) is 0 Å². The van der Waals surface area contributed by atoms with Gasteiger partial charge in [-0.2, -0.15) is 9.40 Å². The Morgan fingerprint density at radius 2 is 1.94 bits per heavy atom. The number of halogens is 1. The van der Waals surface area contributed by atoms with E-state index >= 15 is 0 Å². The van der Waals surface area contributed by atoms with Crippen molar-refractivity contribution in [3.8, 4) is 11.1 Å². The minimum atomic E-state index is -3.64. The minimum absolute atomic E-state index is 0.102. The van der Waals surface area contributed by atoms with Gasteiger partial charge in [0.05, 0.1) is 11.1 Å². The molecule has 0 saturated carbocycles. The van der Waals surface area contributed by atoms with Gasteiger partial charge >= 0.3 is 0 Å². The third kappa shape index (κ3) is 3.66. The number of nitrogens with zero attached hydrogens (tertiary/aromatic N) is 3. The molecule has 0 spiro atoms. The lowest BCUT2D eigenvalue weighted by Crippen LogP contribution is -2.34. The minimum Gasteiger partial charge on any atom is -0.347 e. The van der Waals surface area contributed by atoms with E-state index in [0.717, 1.165) is 35.0 Å². The van der Waals surface area contributed by atoms with Gasteiger partial charge in [0.25, 0.3) is 0 Å². The fourth-order valence-electron chi connectivity index (χ4n) is 4.54. The molecular weight excluding hydrogens is 415 g/mol. The molecule has 0 radical (unpaired) electrons. The first-order valence-corrected chi connectivity index (χ1v) is 11.7. The van der Waals surface area contributed by atoms with E-state index < -0.39 is 15.8 Å². The van der Waals surface area contributed by atoms with Gasteiger partial charge < -0.3 is 4.57 Å². The Balaban J connectivity index is 1.35. The van der Waals surface area contributed by atoms with Gasteiger partial charge in [-0.1, -0.05) is 6.07 Å². The highest BCUT2D eigenvalue weighted by Crippen LogP contribution is 2.32. The van der Waals surface area contributed by atoms with E-state index in [1.54, 1.807) is 10.5 Å². The predicted octanol–water partition coefficient (Wildman–Crippen LogP) is 4.27. The van der Waals surface area contributed by atoms with Crippen LogP contribution in [0.3, 0.4) is 0 Å². The van der Waals surface area contributed by atoms with Crippen LogP contribution in [0.4, 0.5) is 4.39 Å². The summed E-state index contributed by atoms with van der Waals surface area (Å²) >= 11 is 0. The first-order valence-electron chi connectivity index (χ1n) is 10.3. The van der Waals surface area contributed by atoms with Crippen LogP contribution in [0, 0.1) is 11.7 Å². The van der Waals surface area contributed by atoms with Gasteiger partial charge in [-0.25, -0.2) is 12.8 Å². The molecule has 2 aromatic heterocycles. The monoisotopic (exact) mass is 438 g/mol. The van der Waals surface area contributed by atoms with Crippen molar-refractivity contribution in [2.75, 3.05) is 6.54 Å². The first-order chi connectivity index (χ1) is 14.9. The molecule has 0 bridgehead atoms. The van der Waals surface area contributed by atoms with Crippen LogP contribution in [-0.4, -0.2) is 40.1 Å². The van der Waals surface area contributed by atoms with Gasteiger partial charge in [-0.15, -0.1) is 0 Å². The lowest BCUT2D eigenvalue weighted by atomic mass is 10.1. The standard InChI is InChI=1S/C23H23FN4O2S/c1-16-10-17(15-28(16)31(29,30)22-5-3-21(24)4-6-22)14-27-9-8-19-11-18(2-7-23(19)27)20-12-25-26-13-20/h2-9,11-13,16-17H,10,14-15H2,1H3,(H,25,26)/t16-,17?/m0/s1. The number of aromatic amines is 1. The second-order valence-electron chi connectivity index (χ2n) is 8.21. The summed E-state index contributed by atoms with van der Waals surface area (Å²) in [6.07, 6.45) is 6.52. The van der Waals surface area contributed by atoms with Crippen molar-refractivity contribution in [1.82, 2.24) is 19.1 Å². The summed E-state index contributed by atoms with van der Waals surface area (Å²) in [5, 5.41) is 7.99. The number of fused-ring (bicyclic) bond motifs is 1. The zero-order valence-electron chi connectivity index (χ0n) is 17.1. The van der Waals surface area contributed by atoms with Crippen LogP contribution in [0.1, 0.15) is 13.3 Å². The Bertz CT molecular complexity index is 1310. The highest BCUT2D eigenvalue weighted by molar-refractivity contribution is 7.89. The Morgan fingerprint density at radius 3 is 2.68 bits per heavy atom. The van der Waals surface area contributed by atoms with E-state index in [1.807, 2.05) is 13.1 Å². The van der Waals surface area contributed by atoms with Gasteiger partial charge in [0, 0.05) is 48.0 Å². The summed E-state index contributed by atoms with van der Waals surface area (Å²) < 4.78 is 43.1. The van der Waals surface area contributed by atoms with Crippen LogP contribution in [-0.2, 0) is 16.6 Å². The van der Waals surface area contributed by atoms with Crippen molar-refractivity contribution >= 4 is 20.9 Å². The average Bonchev–Trinajstić information content (AvgIpc) is 3.49. The second kappa shape index (κ2) is 7.62. The summed E-state index contributed by atoms with van der Waals surface area (Å²) in [5.74, 6) is -0.240. The summed E-state index contributed by atoms with van der Waals surface area (Å²) in [5.41, 5.74) is 3.27. The Hall–Kier alpha value is -2.97. The molecule has 0 amide bonds. The van der Waals surface area contributed by atoms with Gasteiger partial charge in [-0.3, -0.25) is 5.10 Å². The number of H-pyrrole nitrogens is 1. The van der Waals surface area contributed by atoms with Gasteiger partial charge in [-0.05, 0) is 67.3 Å². The molecule has 8 heteroatoms. The topological polar surface area (TPSA) is 71.0 Å². The molecule has 3 heterocycles. The number of rotatable bonds is 5. The predicted molar refractivity (Wildman–Crippen MR) is 117 cm³/mol. The van der Waals surface area contributed by atoms with Gasteiger partial charge in [0.15, 0.2) is 0 Å². The number of hydrogen-bond acceptors (Lipinski definition) is 3. The largest absolute Gasteiger partial charge is 0.347 e. The lowest BCUT2D eigenvalue weighted by molar-refractivity contribution is 0.399. The van der Waals surface area contributed by atoms with Crippen molar-refractivity contribution in [3.05, 3.63) is 72.9 Å². The smallest absolute Gasteiger partial charge is 0.243 e. The van der Waals surface area contributed by atoms with Crippen molar-refractivity contribution in [2.45, 2.75) is 30.8 Å². The second-order valence-corrected chi connectivity index (χ2v) is 10.1. The molecule has 1 fully saturated rings. The van der Waals surface area contributed by atoms with Crippen LogP contribution >= 0.6 is 0 Å². The summed E-state index contributed by atoms with van der Waals surface area (Å²) in [7, 11) is -3.64. The van der Waals surface area contributed by atoms with Crippen molar-refractivity contribution in [1.29, 1.82) is 0 Å². The molecule has 5 rings (SSSR count). The van der Waals surface area contributed by atoms with E-state index in [9.17, 15) is 12.8 Å². The molecule has 0 aliphatic carbocycles. The van der Waals surface area contributed by atoms with E-state index in [0.29, 0.717) is 6.54 Å². The molecule has 31 heavy (non-hydrogen) atoms. The SMILES string of the molecule is C[C@H]1CC(Cn2ccc3cc(-c4cn[nH]c4)ccc32)CN1S(=O)(=O)c1ccc(F)cc1. The molecule has 2 aromatic carbocycles. The number of aromatic nitrogens is 3. The van der Waals surface area contributed by atoms with E-state index in [1.165, 1.54) is 24.3 Å². The van der Waals surface area contributed by atoms with E-state index in [4.69, 9.17) is 0 Å². The molecule has 1 saturated heterocycles. The molecule has 160 valence electrons. The van der Waals surface area contributed by atoms with Crippen molar-refractivity contribution < 1.29 is 12.8 Å². The number of hydrogen-bond donors (Lipinski definition) is 1. The molecule has 1 N–H and O–H groups in total. The number of sulfonamides is 1. The Kier molecular flexibility index (Phi) is 4.91. The third-order valence-corrected chi connectivity index (χ3v) is 8.08. The molecule has 1 aliphatic rings. The summed E-state index contributed by atoms with van der Waals surface area (Å²) in [6.45, 7) is 3.13. The molecule has 1 aliphatic heterocycles. The van der Waals surface area contributed by atoms with Crippen LogP contribution < -0.4 is 0 Å². The lowest BCUT2D eigenvalue weighted by Gasteiger charge is -2.21. The van der Waals surface area contributed by atoms with Crippen LogP contribution in [0.2, 0.25) is 0 Å². The average molecular weight is 439 g/mol. The fraction of sp³-hybridized carbons (Fsp3) is 0.261. The fourth-order valence-corrected chi connectivity index (χ4v) is 6.26. The van der Waals surface area contributed by atoms with Gasteiger partial charge in [0.1, 0.15) is 5.82 Å². The molecule has 1 unspecified atom stereocenters. The quantitative estimate of drug-likeness (QED) is 0.506. The number of benzene rings is 2. The van der Waals surface area contributed by atoms with Crippen LogP contribution in [0.15, 0.2) is 72.0 Å². The van der Waals surface area contributed by atoms with Crippen molar-refractivity contribution in [3.63, 3.8) is 0 Å². The normalized spacial score (nSPS) is 19.9. The van der Waals surface area contributed by atoms with E-state index in [-0.39, 0.29) is 16.9 Å². The molecule has 6 nitrogen and oxygen atoms in total. The highest BCUT2D eigenvalue weighted by atomic mass is 32.2.